The van der Waals surface area contributed by atoms with E-state index in [4.69, 9.17) is 4.74 Å². The van der Waals surface area contributed by atoms with Crippen molar-refractivity contribution in [2.24, 2.45) is 4.99 Å². The minimum Gasteiger partial charge on any atom is -0.493 e. The number of ether oxygens (including phenoxy) is 1. The van der Waals surface area contributed by atoms with Gasteiger partial charge in [-0.15, -0.1) is 24.0 Å². The highest BCUT2D eigenvalue weighted by Crippen LogP contribution is 2.16. The van der Waals surface area contributed by atoms with Gasteiger partial charge in [0.2, 0.25) is 0 Å². The number of nitrogens with zero attached hydrogens (tertiary/aromatic N) is 3. The molecule has 0 saturated heterocycles. The first-order valence-corrected chi connectivity index (χ1v) is 6.60. The van der Waals surface area contributed by atoms with E-state index in [1.165, 1.54) is 5.56 Å². The van der Waals surface area contributed by atoms with Crippen LogP contribution in [0.5, 0.6) is 5.75 Å². The van der Waals surface area contributed by atoms with Gasteiger partial charge >= 0.3 is 0 Å². The summed E-state index contributed by atoms with van der Waals surface area (Å²) in [4.78, 5) is 8.60. The van der Waals surface area contributed by atoms with Crippen LogP contribution in [0, 0.1) is 6.92 Å². The molecule has 114 valence electrons. The highest BCUT2D eigenvalue weighted by molar-refractivity contribution is 14.0. The van der Waals surface area contributed by atoms with Gasteiger partial charge in [-0.1, -0.05) is 18.2 Å². The van der Waals surface area contributed by atoms with Gasteiger partial charge in [-0.3, -0.25) is 4.99 Å². The fraction of sp³-hybridized carbons (Fsp3) is 0.533. The lowest BCUT2D eigenvalue weighted by Gasteiger charge is -2.22. The molecular formula is C15H26IN3O. The second-order valence-electron chi connectivity index (χ2n) is 4.94. The molecule has 5 heteroatoms. The van der Waals surface area contributed by atoms with Crippen molar-refractivity contribution in [2.45, 2.75) is 13.3 Å². The van der Waals surface area contributed by atoms with E-state index in [1.807, 2.05) is 56.2 Å². The van der Waals surface area contributed by atoms with Crippen LogP contribution in [-0.4, -0.2) is 57.1 Å². The van der Waals surface area contributed by atoms with Crippen LogP contribution in [-0.2, 0) is 0 Å². The second kappa shape index (κ2) is 9.85. The molecule has 20 heavy (non-hydrogen) atoms. The fourth-order valence-corrected chi connectivity index (χ4v) is 1.83. The predicted octanol–water partition coefficient (Wildman–Crippen LogP) is 2.86. The topological polar surface area (TPSA) is 28.1 Å². The monoisotopic (exact) mass is 391 g/mol. The molecule has 1 aromatic carbocycles. The van der Waals surface area contributed by atoms with Crippen LogP contribution in [0.25, 0.3) is 0 Å². The largest absolute Gasteiger partial charge is 0.493 e. The number of benzene rings is 1. The van der Waals surface area contributed by atoms with Gasteiger partial charge in [-0.25, -0.2) is 0 Å². The molecular weight excluding hydrogens is 365 g/mol. The van der Waals surface area contributed by atoms with Crippen molar-refractivity contribution < 1.29 is 4.74 Å². The third-order valence-corrected chi connectivity index (χ3v) is 2.71. The van der Waals surface area contributed by atoms with Crippen LogP contribution < -0.4 is 4.74 Å². The van der Waals surface area contributed by atoms with E-state index in [2.05, 4.69) is 18.0 Å². The Morgan fingerprint density at radius 1 is 1.10 bits per heavy atom. The summed E-state index contributed by atoms with van der Waals surface area (Å²) in [7, 11) is 8.01. The average molecular weight is 391 g/mol. The Morgan fingerprint density at radius 3 is 2.25 bits per heavy atom. The summed E-state index contributed by atoms with van der Waals surface area (Å²) >= 11 is 0. The first kappa shape index (κ1) is 19.0. The molecule has 0 fully saturated rings. The summed E-state index contributed by atoms with van der Waals surface area (Å²) in [6.45, 7) is 3.53. The minimum absolute atomic E-state index is 0. The number of hydrogen-bond donors (Lipinski definition) is 0. The van der Waals surface area contributed by atoms with Gasteiger partial charge < -0.3 is 14.5 Å². The Bertz CT molecular complexity index is 409. The smallest absolute Gasteiger partial charge is 0.195 e. The van der Waals surface area contributed by atoms with Crippen molar-refractivity contribution in [3.05, 3.63) is 29.8 Å². The van der Waals surface area contributed by atoms with Gasteiger partial charge in [0.1, 0.15) is 5.75 Å². The summed E-state index contributed by atoms with van der Waals surface area (Å²) in [5.74, 6) is 1.95. The quantitative estimate of drug-likeness (QED) is 0.335. The molecule has 0 radical (unpaired) electrons. The summed E-state index contributed by atoms with van der Waals surface area (Å²) < 4.78 is 5.74. The number of rotatable bonds is 5. The summed E-state index contributed by atoms with van der Waals surface area (Å²) in [6.07, 6.45) is 0.916. The van der Waals surface area contributed by atoms with Gasteiger partial charge in [0.25, 0.3) is 0 Å². The molecule has 0 spiro atoms. The number of hydrogen-bond acceptors (Lipinski definition) is 2. The minimum atomic E-state index is 0. The molecule has 0 saturated carbocycles. The van der Waals surface area contributed by atoms with E-state index in [0.29, 0.717) is 6.61 Å². The van der Waals surface area contributed by atoms with Gasteiger partial charge in [0.15, 0.2) is 5.96 Å². The third kappa shape index (κ3) is 6.45. The maximum Gasteiger partial charge on any atom is 0.195 e. The molecule has 0 unspecified atom stereocenters. The molecule has 0 heterocycles. The van der Waals surface area contributed by atoms with Crippen LogP contribution in [0.2, 0.25) is 0 Å². The molecule has 0 bridgehead atoms. The Labute approximate surface area is 139 Å². The summed E-state index contributed by atoms with van der Waals surface area (Å²) in [5, 5.41) is 0. The second-order valence-corrected chi connectivity index (χ2v) is 4.94. The lowest BCUT2D eigenvalue weighted by atomic mass is 10.2. The maximum absolute atomic E-state index is 5.74. The van der Waals surface area contributed by atoms with Crippen LogP contribution in [0.4, 0.5) is 0 Å². The molecule has 0 N–H and O–H groups in total. The van der Waals surface area contributed by atoms with E-state index in [9.17, 15) is 0 Å². The Balaban J connectivity index is 0.00000361. The molecule has 0 aliphatic rings. The van der Waals surface area contributed by atoms with Crippen molar-refractivity contribution in [1.29, 1.82) is 0 Å². The van der Waals surface area contributed by atoms with E-state index in [1.54, 1.807) is 0 Å². The summed E-state index contributed by atoms with van der Waals surface area (Å²) in [6, 6.07) is 8.08. The fourth-order valence-electron chi connectivity index (χ4n) is 1.83. The van der Waals surface area contributed by atoms with Crippen molar-refractivity contribution >= 4 is 29.9 Å². The standard InChI is InChI=1S/C15H25N3O.HI/c1-13-9-6-7-10-14(13)19-12-8-11-16-15(17(2)3)18(4)5;/h6-7,9-10H,8,11-12H2,1-5H3;1H. The Hall–Kier alpha value is -0.980. The normalized spacial score (nSPS) is 9.45. The average Bonchev–Trinajstić information content (AvgIpc) is 2.34. The highest BCUT2D eigenvalue weighted by Gasteiger charge is 2.03. The van der Waals surface area contributed by atoms with E-state index in [-0.39, 0.29) is 24.0 Å². The van der Waals surface area contributed by atoms with Crippen LogP contribution >= 0.6 is 24.0 Å². The van der Waals surface area contributed by atoms with Gasteiger partial charge in [0.05, 0.1) is 6.61 Å². The van der Waals surface area contributed by atoms with Crippen molar-refractivity contribution in [2.75, 3.05) is 41.3 Å². The zero-order chi connectivity index (χ0) is 14.3. The molecule has 1 rings (SSSR count). The zero-order valence-corrected chi connectivity index (χ0v) is 15.4. The number of halogens is 1. The third-order valence-electron chi connectivity index (χ3n) is 2.71. The van der Waals surface area contributed by atoms with Gasteiger partial charge in [-0.2, -0.15) is 0 Å². The van der Waals surface area contributed by atoms with Crippen molar-refractivity contribution in [1.82, 2.24) is 9.80 Å². The van der Waals surface area contributed by atoms with Gasteiger partial charge in [-0.05, 0) is 18.6 Å². The molecule has 0 amide bonds. The number of aryl methyl sites for hydroxylation is 1. The van der Waals surface area contributed by atoms with E-state index < -0.39 is 0 Å². The van der Waals surface area contributed by atoms with E-state index in [0.717, 1.165) is 24.7 Å². The lowest BCUT2D eigenvalue weighted by Crippen LogP contribution is -2.35. The Morgan fingerprint density at radius 2 is 1.70 bits per heavy atom. The zero-order valence-electron chi connectivity index (χ0n) is 13.1. The lowest BCUT2D eigenvalue weighted by molar-refractivity contribution is 0.311. The Kier molecular flexibility index (Phi) is 9.37. The van der Waals surface area contributed by atoms with Gasteiger partial charge in [0, 0.05) is 41.2 Å². The predicted molar refractivity (Wildman–Crippen MR) is 96.4 cm³/mol. The number of guanidine groups is 1. The molecule has 0 aliphatic heterocycles. The summed E-state index contributed by atoms with van der Waals surface area (Å²) in [5.41, 5.74) is 1.17. The van der Waals surface area contributed by atoms with E-state index >= 15 is 0 Å². The van der Waals surface area contributed by atoms with Crippen molar-refractivity contribution in [3.8, 4) is 5.75 Å². The molecule has 0 aliphatic carbocycles. The molecule has 4 nitrogen and oxygen atoms in total. The maximum atomic E-state index is 5.74. The molecule has 0 aromatic heterocycles. The molecule has 1 aromatic rings. The first-order chi connectivity index (χ1) is 9.02. The SMILES string of the molecule is Cc1ccccc1OCCCN=C(N(C)C)N(C)C.I. The highest BCUT2D eigenvalue weighted by atomic mass is 127. The number of para-hydroxylation sites is 1. The van der Waals surface area contributed by atoms with Crippen LogP contribution in [0.1, 0.15) is 12.0 Å². The molecule has 0 atom stereocenters. The van der Waals surface area contributed by atoms with Crippen LogP contribution in [0.15, 0.2) is 29.3 Å². The van der Waals surface area contributed by atoms with Crippen LogP contribution in [0.3, 0.4) is 0 Å². The van der Waals surface area contributed by atoms with Crippen molar-refractivity contribution in [3.63, 3.8) is 0 Å². The first-order valence-electron chi connectivity index (χ1n) is 6.60. The number of aliphatic imine (C=N–C) groups is 1.